The van der Waals surface area contributed by atoms with Crippen molar-refractivity contribution in [3.05, 3.63) is 109 Å². The highest BCUT2D eigenvalue weighted by Gasteiger charge is 2.30. The van der Waals surface area contributed by atoms with Crippen LogP contribution >= 0.6 is 0 Å². The van der Waals surface area contributed by atoms with Crippen LogP contribution in [0.25, 0.3) is 44.3 Å². The zero-order valence-corrected chi connectivity index (χ0v) is 37.8. The Hall–Kier alpha value is -7.11. The van der Waals surface area contributed by atoms with Crippen LogP contribution in [0.15, 0.2) is 98.1 Å². The van der Waals surface area contributed by atoms with Gasteiger partial charge in [0.15, 0.2) is 11.6 Å². The average molecular weight is 874 g/mol. The number of nitrogens with zero attached hydrogens (tertiary/aromatic N) is 13. The Bertz CT molecular complexity index is 2870. The van der Waals surface area contributed by atoms with Gasteiger partial charge in [0.25, 0.3) is 0 Å². The maximum atomic E-state index is 11.7. The van der Waals surface area contributed by atoms with Crippen molar-refractivity contribution in [1.29, 1.82) is 0 Å². The van der Waals surface area contributed by atoms with Gasteiger partial charge in [-0.3, -0.25) is 24.1 Å². The first-order chi connectivity index (χ1) is 31.6. The molecule has 0 amide bonds. The Kier molecular flexibility index (Phi) is 14.1. The lowest BCUT2D eigenvalue weighted by Gasteiger charge is -2.38. The highest BCUT2D eigenvalue weighted by Crippen LogP contribution is 2.26. The number of methoxy groups -OCH3 is 1. The second-order valence-electron chi connectivity index (χ2n) is 16.8. The summed E-state index contributed by atoms with van der Waals surface area (Å²) >= 11 is 0. The number of carbonyl (C=O) groups is 1. The minimum absolute atomic E-state index is 0.245. The van der Waals surface area contributed by atoms with Crippen LogP contribution in [0.4, 0.5) is 23.3 Å². The minimum Gasteiger partial charge on any atom is -0.383 e. The van der Waals surface area contributed by atoms with Crippen molar-refractivity contribution in [1.82, 2.24) is 64.8 Å². The molecule has 17 nitrogen and oxygen atoms in total. The van der Waals surface area contributed by atoms with Gasteiger partial charge in [0.05, 0.1) is 60.0 Å². The van der Waals surface area contributed by atoms with Gasteiger partial charge in [0, 0.05) is 86.1 Å². The lowest BCUT2D eigenvalue weighted by molar-refractivity contribution is -0.127. The summed E-state index contributed by atoms with van der Waals surface area (Å²) in [6.07, 6.45) is 16.7. The maximum absolute atomic E-state index is 11.7. The molecule has 0 radical (unpaired) electrons. The van der Waals surface area contributed by atoms with Crippen LogP contribution < -0.4 is 10.6 Å². The number of hydrogen-bond acceptors (Lipinski definition) is 15. The molecule has 9 rings (SSSR count). The molecule has 1 aliphatic rings. The number of carbonyl (C=O) groups excluding carboxylic acids is 1. The number of pyridine rings is 4. The zero-order chi connectivity index (χ0) is 45.3. The number of likely N-dealkylation sites (tertiary alicyclic amines) is 1. The van der Waals surface area contributed by atoms with Gasteiger partial charge in [-0.1, -0.05) is 34.6 Å². The van der Waals surface area contributed by atoms with Crippen molar-refractivity contribution < 1.29 is 9.53 Å². The third-order valence-corrected chi connectivity index (χ3v) is 11.4. The van der Waals surface area contributed by atoms with Crippen LogP contribution in [0.5, 0.6) is 0 Å². The normalized spacial score (nSPS) is 13.0. The molecule has 9 heterocycles. The third kappa shape index (κ3) is 11.3. The Morgan fingerprint density at radius 3 is 1.66 bits per heavy atom. The smallest absolute Gasteiger partial charge is 0.154 e. The first kappa shape index (κ1) is 44.5. The number of ether oxygens (including phenoxy) is 1. The van der Waals surface area contributed by atoms with E-state index in [-0.39, 0.29) is 5.92 Å². The number of hydrogen-bond donors (Lipinski definition) is 2. The summed E-state index contributed by atoms with van der Waals surface area (Å²) in [6, 6.07) is 15.7. The van der Waals surface area contributed by atoms with E-state index in [9.17, 15) is 4.79 Å². The Labute approximate surface area is 378 Å². The van der Waals surface area contributed by atoms with E-state index in [1.54, 1.807) is 19.5 Å². The highest BCUT2D eigenvalue weighted by molar-refractivity contribution is 5.83. The Morgan fingerprint density at radius 2 is 1.17 bits per heavy atom. The molecule has 0 saturated carbocycles. The fourth-order valence-electron chi connectivity index (χ4n) is 7.40. The summed E-state index contributed by atoms with van der Waals surface area (Å²) in [5.74, 6) is 4.12. The largest absolute Gasteiger partial charge is 0.383 e. The van der Waals surface area contributed by atoms with E-state index in [0.717, 1.165) is 88.0 Å². The van der Waals surface area contributed by atoms with Crippen molar-refractivity contribution >= 4 is 51.1 Å². The minimum atomic E-state index is 0.245. The number of nitrogens with one attached hydrogen (secondary N) is 2. The molecule has 1 saturated heterocycles. The third-order valence-electron chi connectivity index (χ3n) is 11.4. The number of aryl methyl sites for hydroxylation is 1. The molecule has 1 aliphatic heterocycles. The SMILES string of the molecule is CCC(=O)C1CN(CCCn2cc(-c3cnc4ccc(Nc5cc(C(C)C)cnn5)nc4c3)cn2)C1.COCCn1cc(-c2cnc3ccc(Nc4cc(C(C)C)cnn4)nc3c2)cn1. The van der Waals surface area contributed by atoms with Crippen molar-refractivity contribution in [3.8, 4) is 22.3 Å². The van der Waals surface area contributed by atoms with Gasteiger partial charge in [-0.15, -0.1) is 10.2 Å². The van der Waals surface area contributed by atoms with E-state index in [2.05, 4.69) is 90.0 Å². The average Bonchev–Trinajstić information content (AvgIpc) is 3.99. The molecule has 0 atom stereocenters. The molecule has 2 N–H and O–H groups in total. The van der Waals surface area contributed by atoms with Crippen LogP contribution in [-0.4, -0.2) is 104 Å². The molecule has 65 heavy (non-hydrogen) atoms. The highest BCUT2D eigenvalue weighted by atomic mass is 16.5. The molecule has 0 unspecified atom stereocenters. The first-order valence-corrected chi connectivity index (χ1v) is 22.1. The summed E-state index contributed by atoms with van der Waals surface area (Å²) in [7, 11) is 1.68. The predicted molar refractivity (Wildman–Crippen MR) is 252 cm³/mol. The van der Waals surface area contributed by atoms with Crippen LogP contribution in [0.3, 0.4) is 0 Å². The topological polar surface area (TPSA) is 192 Å². The van der Waals surface area contributed by atoms with Crippen LogP contribution in [0.1, 0.15) is 70.4 Å². The molecule has 1 fully saturated rings. The standard InChI is InChI=1S/C27H32N8O.C21H23N7O/c1-4-25(36)22-15-34(16-22)8-5-9-35-17-21(14-30-35)20-10-24-23(28-12-20)6-7-26(31-24)32-27-11-19(18(2)3)13-29-33-27;1-14(2)15-9-21(27-23-11-15)26-20-5-4-18-19(25-20)8-16(10-22-18)17-12-24-28(13-17)6-7-29-3/h6-7,10-14,17-18,22H,4-5,8-9,15-16H2,1-3H3,(H,31,32,33);4-5,8-14H,6-7H2,1-3H3,(H,25,26,27). The summed E-state index contributed by atoms with van der Waals surface area (Å²) < 4.78 is 8.93. The van der Waals surface area contributed by atoms with Gasteiger partial charge in [-0.2, -0.15) is 20.4 Å². The van der Waals surface area contributed by atoms with E-state index in [0.29, 0.717) is 60.5 Å². The van der Waals surface area contributed by atoms with Gasteiger partial charge in [-0.05, 0) is 84.5 Å². The second kappa shape index (κ2) is 20.6. The molecular formula is C48H55N15O2. The number of anilines is 4. The quantitative estimate of drug-likeness (QED) is 0.0888. The van der Waals surface area contributed by atoms with Gasteiger partial charge < -0.3 is 20.3 Å². The molecule has 0 bridgehead atoms. The van der Waals surface area contributed by atoms with Gasteiger partial charge in [-0.25, -0.2) is 9.97 Å². The molecule has 334 valence electrons. The van der Waals surface area contributed by atoms with Gasteiger partial charge in [0.1, 0.15) is 17.4 Å². The van der Waals surface area contributed by atoms with E-state index in [1.807, 2.05) is 95.8 Å². The molecule has 0 aromatic carbocycles. The molecule has 8 aromatic heterocycles. The van der Waals surface area contributed by atoms with Crippen LogP contribution in [0, 0.1) is 5.92 Å². The summed E-state index contributed by atoms with van der Waals surface area (Å²) in [5.41, 5.74) is 9.44. The Morgan fingerprint density at radius 1 is 0.646 bits per heavy atom. The number of Topliss-reactive ketones (excluding diaryl/α,β-unsaturated/α-hetero) is 1. The van der Waals surface area contributed by atoms with Gasteiger partial charge in [0.2, 0.25) is 0 Å². The van der Waals surface area contributed by atoms with E-state index < -0.39 is 0 Å². The monoisotopic (exact) mass is 873 g/mol. The molecule has 8 aromatic rings. The number of fused-ring (bicyclic) bond motifs is 2. The van der Waals surface area contributed by atoms with E-state index in [1.165, 1.54) is 0 Å². The Balaban J connectivity index is 0.000000181. The van der Waals surface area contributed by atoms with Crippen LogP contribution in [-0.2, 0) is 22.6 Å². The fraction of sp³-hybridized carbons (Fsp3) is 0.354. The van der Waals surface area contributed by atoms with E-state index in [4.69, 9.17) is 14.7 Å². The first-order valence-electron chi connectivity index (χ1n) is 22.1. The van der Waals surface area contributed by atoms with Crippen LogP contribution in [0.2, 0.25) is 0 Å². The summed E-state index contributed by atoms with van der Waals surface area (Å²) in [5, 5.41) is 31.9. The van der Waals surface area contributed by atoms with Crippen molar-refractivity contribution in [3.63, 3.8) is 0 Å². The lowest BCUT2D eigenvalue weighted by atomic mass is 9.93. The molecular weight excluding hydrogens is 819 g/mol. The fourth-order valence-corrected chi connectivity index (χ4v) is 7.40. The second-order valence-corrected chi connectivity index (χ2v) is 16.8. The van der Waals surface area contributed by atoms with Crippen molar-refractivity contribution in [2.75, 3.05) is 44.0 Å². The van der Waals surface area contributed by atoms with Crippen molar-refractivity contribution in [2.45, 2.75) is 72.4 Å². The van der Waals surface area contributed by atoms with Crippen molar-refractivity contribution in [2.24, 2.45) is 5.92 Å². The number of ketones is 1. The number of rotatable bonds is 17. The summed E-state index contributed by atoms with van der Waals surface area (Å²) in [4.78, 5) is 32.7. The van der Waals surface area contributed by atoms with Gasteiger partial charge >= 0.3 is 0 Å². The zero-order valence-electron chi connectivity index (χ0n) is 37.8. The molecule has 17 heteroatoms. The van der Waals surface area contributed by atoms with E-state index >= 15 is 0 Å². The molecule has 0 spiro atoms. The summed E-state index contributed by atoms with van der Waals surface area (Å²) in [6.45, 7) is 15.4. The number of aromatic nitrogens is 12. The maximum Gasteiger partial charge on any atom is 0.154 e. The predicted octanol–water partition coefficient (Wildman–Crippen LogP) is 8.25. The lowest BCUT2D eigenvalue weighted by Crippen LogP contribution is -2.50. The molecule has 0 aliphatic carbocycles.